The number of carbonyl (C=O) groups is 1. The SMILES string of the molecule is C=CCCC1=C(C(=O)OCC)CCCC1. The lowest BCUT2D eigenvalue weighted by atomic mass is 9.89. The average molecular weight is 208 g/mol. The zero-order valence-electron chi connectivity index (χ0n) is 9.55. The minimum Gasteiger partial charge on any atom is -0.463 e. The number of allylic oxidation sites excluding steroid dienone is 2. The van der Waals surface area contributed by atoms with Gasteiger partial charge in [0, 0.05) is 5.57 Å². The Kier molecular flexibility index (Phi) is 5.16. The summed E-state index contributed by atoms with van der Waals surface area (Å²) in [5.74, 6) is -0.101. The highest BCUT2D eigenvalue weighted by atomic mass is 16.5. The molecule has 15 heavy (non-hydrogen) atoms. The van der Waals surface area contributed by atoms with Crippen molar-refractivity contribution in [3.8, 4) is 0 Å². The second-order valence-electron chi connectivity index (χ2n) is 3.84. The molecule has 84 valence electrons. The van der Waals surface area contributed by atoms with E-state index in [1.54, 1.807) is 0 Å². The average Bonchev–Trinajstić information content (AvgIpc) is 2.27. The molecule has 2 heteroatoms. The van der Waals surface area contributed by atoms with Crippen molar-refractivity contribution in [1.82, 2.24) is 0 Å². The highest BCUT2D eigenvalue weighted by Crippen LogP contribution is 2.28. The third-order valence-corrected chi connectivity index (χ3v) is 2.75. The largest absolute Gasteiger partial charge is 0.463 e. The molecule has 0 bridgehead atoms. The van der Waals surface area contributed by atoms with Crippen molar-refractivity contribution >= 4 is 5.97 Å². The van der Waals surface area contributed by atoms with Gasteiger partial charge in [-0.3, -0.25) is 0 Å². The van der Waals surface area contributed by atoms with E-state index in [0.29, 0.717) is 6.61 Å². The first-order valence-corrected chi connectivity index (χ1v) is 5.78. The van der Waals surface area contributed by atoms with E-state index < -0.39 is 0 Å². The fraction of sp³-hybridized carbons (Fsp3) is 0.615. The fourth-order valence-corrected chi connectivity index (χ4v) is 1.98. The second kappa shape index (κ2) is 6.44. The molecule has 1 aliphatic rings. The third kappa shape index (κ3) is 3.54. The number of hydrogen-bond donors (Lipinski definition) is 0. The Balaban J connectivity index is 2.70. The van der Waals surface area contributed by atoms with Gasteiger partial charge in [-0.25, -0.2) is 4.79 Å². The number of ether oxygens (including phenoxy) is 1. The van der Waals surface area contributed by atoms with Crippen molar-refractivity contribution in [3.63, 3.8) is 0 Å². The summed E-state index contributed by atoms with van der Waals surface area (Å²) in [4.78, 5) is 11.7. The Morgan fingerprint density at radius 2 is 2.20 bits per heavy atom. The lowest BCUT2D eigenvalue weighted by molar-refractivity contribution is -0.138. The van der Waals surface area contributed by atoms with Gasteiger partial charge in [-0.1, -0.05) is 11.6 Å². The van der Waals surface area contributed by atoms with E-state index in [2.05, 4.69) is 6.58 Å². The topological polar surface area (TPSA) is 26.3 Å². The summed E-state index contributed by atoms with van der Waals surface area (Å²) >= 11 is 0. The van der Waals surface area contributed by atoms with Crippen molar-refractivity contribution in [3.05, 3.63) is 23.8 Å². The molecule has 0 fully saturated rings. The van der Waals surface area contributed by atoms with Crippen molar-refractivity contribution in [1.29, 1.82) is 0 Å². The molecule has 2 nitrogen and oxygen atoms in total. The Morgan fingerprint density at radius 1 is 1.47 bits per heavy atom. The number of hydrogen-bond acceptors (Lipinski definition) is 2. The molecule has 0 aromatic heterocycles. The minimum atomic E-state index is -0.101. The monoisotopic (exact) mass is 208 g/mol. The van der Waals surface area contributed by atoms with E-state index in [9.17, 15) is 4.79 Å². The van der Waals surface area contributed by atoms with Gasteiger partial charge in [-0.2, -0.15) is 0 Å². The lowest BCUT2D eigenvalue weighted by Crippen LogP contribution is -2.13. The molecule has 0 N–H and O–H groups in total. The molecule has 0 spiro atoms. The molecular formula is C13H20O2. The summed E-state index contributed by atoms with van der Waals surface area (Å²) < 4.78 is 5.07. The zero-order chi connectivity index (χ0) is 11.1. The molecule has 0 unspecified atom stereocenters. The van der Waals surface area contributed by atoms with Gasteiger partial charge in [-0.05, 0) is 45.4 Å². The van der Waals surface area contributed by atoms with Crippen molar-refractivity contribution in [2.75, 3.05) is 6.61 Å². The third-order valence-electron chi connectivity index (χ3n) is 2.75. The molecule has 0 aliphatic heterocycles. The fourth-order valence-electron chi connectivity index (χ4n) is 1.98. The Labute approximate surface area is 92.0 Å². The van der Waals surface area contributed by atoms with Gasteiger partial charge >= 0.3 is 5.97 Å². The normalized spacial score (nSPS) is 16.3. The predicted molar refractivity (Wildman–Crippen MR) is 61.6 cm³/mol. The number of rotatable bonds is 5. The summed E-state index contributed by atoms with van der Waals surface area (Å²) in [5, 5.41) is 0. The zero-order valence-corrected chi connectivity index (χ0v) is 9.55. The Morgan fingerprint density at radius 3 is 2.87 bits per heavy atom. The van der Waals surface area contributed by atoms with Crippen LogP contribution >= 0.6 is 0 Å². The molecule has 0 radical (unpaired) electrons. The van der Waals surface area contributed by atoms with Crippen molar-refractivity contribution in [2.45, 2.75) is 45.4 Å². The van der Waals surface area contributed by atoms with Crippen LogP contribution in [0.5, 0.6) is 0 Å². The molecule has 0 heterocycles. The Bertz CT molecular complexity index is 264. The quantitative estimate of drug-likeness (QED) is 0.511. The first-order chi connectivity index (χ1) is 7.29. The molecule has 0 atom stereocenters. The maximum atomic E-state index is 11.7. The van der Waals surface area contributed by atoms with Gasteiger partial charge in [0.1, 0.15) is 0 Å². The summed E-state index contributed by atoms with van der Waals surface area (Å²) in [6.45, 7) is 6.03. The van der Waals surface area contributed by atoms with Crippen LogP contribution in [0.25, 0.3) is 0 Å². The van der Waals surface area contributed by atoms with Gasteiger partial charge < -0.3 is 4.74 Å². The maximum Gasteiger partial charge on any atom is 0.333 e. The first-order valence-electron chi connectivity index (χ1n) is 5.78. The molecule has 1 rings (SSSR count). The number of carbonyl (C=O) groups excluding carboxylic acids is 1. The highest BCUT2D eigenvalue weighted by molar-refractivity contribution is 5.89. The highest BCUT2D eigenvalue weighted by Gasteiger charge is 2.19. The van der Waals surface area contributed by atoms with E-state index in [-0.39, 0.29) is 5.97 Å². The van der Waals surface area contributed by atoms with Gasteiger partial charge in [0.05, 0.1) is 6.61 Å². The summed E-state index contributed by atoms with van der Waals surface area (Å²) in [7, 11) is 0. The van der Waals surface area contributed by atoms with Crippen LogP contribution in [0.1, 0.15) is 45.4 Å². The van der Waals surface area contributed by atoms with Gasteiger partial charge in [0.25, 0.3) is 0 Å². The van der Waals surface area contributed by atoms with Crippen LogP contribution in [0, 0.1) is 0 Å². The standard InChI is InChI=1S/C13H20O2/c1-3-5-8-11-9-6-7-10-12(11)13(14)15-4-2/h3H,1,4-10H2,2H3. The molecule has 0 saturated carbocycles. The van der Waals surface area contributed by atoms with Crippen molar-refractivity contribution in [2.24, 2.45) is 0 Å². The minimum absolute atomic E-state index is 0.101. The summed E-state index contributed by atoms with van der Waals surface area (Å²) in [5.41, 5.74) is 2.23. The van der Waals surface area contributed by atoms with Gasteiger partial charge in [0.15, 0.2) is 0 Å². The van der Waals surface area contributed by atoms with Gasteiger partial charge in [-0.15, -0.1) is 6.58 Å². The molecule has 1 aliphatic carbocycles. The number of esters is 1. The summed E-state index contributed by atoms with van der Waals surface area (Å²) in [6, 6.07) is 0. The predicted octanol–water partition coefficient (Wildman–Crippen LogP) is 3.39. The van der Waals surface area contributed by atoms with Crippen LogP contribution in [0.2, 0.25) is 0 Å². The second-order valence-corrected chi connectivity index (χ2v) is 3.84. The van der Waals surface area contributed by atoms with E-state index in [4.69, 9.17) is 4.74 Å². The molecular weight excluding hydrogens is 188 g/mol. The molecule has 0 amide bonds. The van der Waals surface area contributed by atoms with Crippen LogP contribution < -0.4 is 0 Å². The van der Waals surface area contributed by atoms with E-state index in [1.807, 2.05) is 13.0 Å². The van der Waals surface area contributed by atoms with E-state index in [0.717, 1.165) is 37.7 Å². The first kappa shape index (κ1) is 12.0. The molecule has 0 saturated heterocycles. The van der Waals surface area contributed by atoms with Crippen LogP contribution in [0.4, 0.5) is 0 Å². The van der Waals surface area contributed by atoms with Crippen LogP contribution in [-0.4, -0.2) is 12.6 Å². The van der Waals surface area contributed by atoms with E-state index in [1.165, 1.54) is 12.0 Å². The van der Waals surface area contributed by atoms with Crippen LogP contribution in [-0.2, 0) is 9.53 Å². The van der Waals surface area contributed by atoms with Crippen LogP contribution in [0.15, 0.2) is 23.8 Å². The Hall–Kier alpha value is -1.05. The van der Waals surface area contributed by atoms with Gasteiger partial charge in [0.2, 0.25) is 0 Å². The molecule has 0 aromatic carbocycles. The maximum absolute atomic E-state index is 11.7. The van der Waals surface area contributed by atoms with E-state index >= 15 is 0 Å². The smallest absolute Gasteiger partial charge is 0.333 e. The lowest BCUT2D eigenvalue weighted by Gasteiger charge is -2.18. The summed E-state index contributed by atoms with van der Waals surface area (Å²) in [6.07, 6.45) is 8.11. The van der Waals surface area contributed by atoms with Crippen LogP contribution in [0.3, 0.4) is 0 Å². The van der Waals surface area contributed by atoms with Crippen molar-refractivity contribution < 1.29 is 9.53 Å². The molecule has 0 aromatic rings.